The predicted octanol–water partition coefficient (Wildman–Crippen LogP) is 1.31. The number of pyridine rings is 1. The molecule has 16 heavy (non-hydrogen) atoms. The van der Waals surface area contributed by atoms with Crippen LogP contribution >= 0.6 is 11.3 Å². The minimum atomic E-state index is 0.439. The number of aromatic nitrogens is 4. The molecule has 2 N–H and O–H groups in total. The third-order valence-electron chi connectivity index (χ3n) is 2.19. The number of fused-ring (bicyclic) bond motifs is 1. The van der Waals surface area contributed by atoms with Gasteiger partial charge in [0, 0.05) is 12.7 Å². The Bertz CT molecular complexity index is 581. The summed E-state index contributed by atoms with van der Waals surface area (Å²) in [6, 6.07) is 5.76. The van der Waals surface area contributed by atoms with Crippen molar-refractivity contribution >= 4 is 16.3 Å². The molecule has 0 aromatic carbocycles. The lowest BCUT2D eigenvalue weighted by Gasteiger charge is -1.91. The van der Waals surface area contributed by atoms with Crippen LogP contribution in [0.25, 0.3) is 15.7 Å². The number of nitrogens with zero attached hydrogens (tertiary/aromatic N) is 4. The Kier molecular flexibility index (Phi) is 2.16. The molecule has 0 saturated carbocycles. The van der Waals surface area contributed by atoms with Gasteiger partial charge >= 0.3 is 0 Å². The third kappa shape index (κ3) is 1.48. The van der Waals surface area contributed by atoms with E-state index >= 15 is 0 Å². The topological polar surface area (TPSA) is 69.1 Å². The van der Waals surface area contributed by atoms with Crippen molar-refractivity contribution in [2.24, 2.45) is 5.73 Å². The van der Waals surface area contributed by atoms with Crippen LogP contribution in [0.3, 0.4) is 0 Å². The zero-order valence-corrected chi connectivity index (χ0v) is 9.18. The van der Waals surface area contributed by atoms with Crippen molar-refractivity contribution in [2.75, 3.05) is 0 Å². The van der Waals surface area contributed by atoms with E-state index in [1.54, 1.807) is 10.7 Å². The molecule has 80 valence electrons. The fraction of sp³-hybridized carbons (Fsp3) is 0.100. The van der Waals surface area contributed by atoms with Crippen molar-refractivity contribution in [3.05, 3.63) is 36.3 Å². The van der Waals surface area contributed by atoms with E-state index in [9.17, 15) is 0 Å². The van der Waals surface area contributed by atoms with Crippen molar-refractivity contribution in [1.82, 2.24) is 19.6 Å². The molecule has 0 radical (unpaired) electrons. The van der Waals surface area contributed by atoms with Gasteiger partial charge in [0.1, 0.15) is 5.69 Å². The Labute approximate surface area is 95.6 Å². The quantitative estimate of drug-likeness (QED) is 0.722. The van der Waals surface area contributed by atoms with Crippen LogP contribution in [0, 0.1) is 0 Å². The minimum absolute atomic E-state index is 0.439. The van der Waals surface area contributed by atoms with Crippen LogP contribution in [-0.2, 0) is 6.54 Å². The van der Waals surface area contributed by atoms with Crippen LogP contribution in [0.1, 0.15) is 5.69 Å². The van der Waals surface area contributed by atoms with Gasteiger partial charge in [-0.25, -0.2) is 9.50 Å². The normalized spacial score (nSPS) is 11.1. The largest absolute Gasteiger partial charge is 0.325 e. The summed E-state index contributed by atoms with van der Waals surface area (Å²) >= 11 is 1.51. The first-order valence-electron chi connectivity index (χ1n) is 4.83. The number of hydrogen-bond acceptors (Lipinski definition) is 5. The SMILES string of the molecule is NCc1cn2nc(-c3ccccn3)sc2n1. The molecule has 0 amide bonds. The number of imidazole rings is 1. The lowest BCUT2D eigenvalue weighted by atomic mass is 10.4. The van der Waals surface area contributed by atoms with E-state index in [0.29, 0.717) is 6.54 Å². The number of hydrogen-bond donors (Lipinski definition) is 1. The summed E-state index contributed by atoms with van der Waals surface area (Å²) in [7, 11) is 0. The van der Waals surface area contributed by atoms with Gasteiger partial charge in [-0.05, 0) is 12.1 Å². The van der Waals surface area contributed by atoms with Crippen molar-refractivity contribution in [3.8, 4) is 10.7 Å². The minimum Gasteiger partial charge on any atom is -0.325 e. The van der Waals surface area contributed by atoms with Crippen LogP contribution in [-0.4, -0.2) is 19.6 Å². The van der Waals surface area contributed by atoms with Crippen molar-refractivity contribution in [3.63, 3.8) is 0 Å². The van der Waals surface area contributed by atoms with Gasteiger partial charge in [0.05, 0.1) is 11.9 Å². The van der Waals surface area contributed by atoms with Gasteiger partial charge in [0.2, 0.25) is 4.96 Å². The van der Waals surface area contributed by atoms with Crippen LogP contribution < -0.4 is 5.73 Å². The lowest BCUT2D eigenvalue weighted by Crippen LogP contribution is -1.95. The average molecular weight is 231 g/mol. The van der Waals surface area contributed by atoms with Crippen LogP contribution in [0.4, 0.5) is 0 Å². The van der Waals surface area contributed by atoms with Gasteiger partial charge in [-0.3, -0.25) is 4.98 Å². The Morgan fingerprint density at radius 3 is 3.00 bits per heavy atom. The summed E-state index contributed by atoms with van der Waals surface area (Å²) in [4.78, 5) is 9.44. The van der Waals surface area contributed by atoms with Crippen LogP contribution in [0.5, 0.6) is 0 Å². The highest BCUT2D eigenvalue weighted by molar-refractivity contribution is 7.19. The summed E-state index contributed by atoms with van der Waals surface area (Å²) in [5, 5.41) is 5.27. The summed E-state index contributed by atoms with van der Waals surface area (Å²) in [5.74, 6) is 0. The second-order valence-electron chi connectivity index (χ2n) is 3.29. The van der Waals surface area contributed by atoms with Crippen LogP contribution in [0.2, 0.25) is 0 Å². The fourth-order valence-corrected chi connectivity index (χ4v) is 2.31. The fourth-order valence-electron chi connectivity index (χ4n) is 1.44. The first kappa shape index (κ1) is 9.44. The highest BCUT2D eigenvalue weighted by atomic mass is 32.1. The lowest BCUT2D eigenvalue weighted by molar-refractivity contribution is 0.956. The maximum Gasteiger partial charge on any atom is 0.212 e. The number of nitrogens with two attached hydrogens (primary N) is 1. The van der Waals surface area contributed by atoms with E-state index in [0.717, 1.165) is 21.4 Å². The summed E-state index contributed by atoms with van der Waals surface area (Å²) < 4.78 is 1.75. The molecule has 0 bridgehead atoms. The molecule has 5 nitrogen and oxygen atoms in total. The average Bonchev–Trinajstić information content (AvgIpc) is 2.87. The summed E-state index contributed by atoms with van der Waals surface area (Å²) in [6.07, 6.45) is 3.60. The van der Waals surface area contributed by atoms with Crippen molar-refractivity contribution in [1.29, 1.82) is 0 Å². The number of rotatable bonds is 2. The Morgan fingerprint density at radius 2 is 2.31 bits per heavy atom. The first-order chi connectivity index (χ1) is 7.86. The molecule has 3 aromatic rings. The molecular formula is C10H9N5S. The summed E-state index contributed by atoms with van der Waals surface area (Å²) in [5.41, 5.74) is 7.23. The molecule has 0 fully saturated rings. The zero-order chi connectivity index (χ0) is 11.0. The smallest absolute Gasteiger partial charge is 0.212 e. The van der Waals surface area contributed by atoms with Gasteiger partial charge in [-0.15, -0.1) is 0 Å². The highest BCUT2D eigenvalue weighted by Gasteiger charge is 2.09. The first-order valence-corrected chi connectivity index (χ1v) is 5.65. The Hall–Kier alpha value is -1.79. The third-order valence-corrected chi connectivity index (χ3v) is 3.13. The molecule has 3 aromatic heterocycles. The highest BCUT2D eigenvalue weighted by Crippen LogP contribution is 2.23. The van der Waals surface area contributed by atoms with Crippen molar-refractivity contribution < 1.29 is 0 Å². The summed E-state index contributed by atoms with van der Waals surface area (Å²) in [6.45, 7) is 0.439. The molecule has 0 spiro atoms. The Balaban J connectivity index is 2.10. The molecule has 3 rings (SSSR count). The van der Waals surface area contributed by atoms with E-state index < -0.39 is 0 Å². The zero-order valence-electron chi connectivity index (χ0n) is 8.37. The molecule has 0 aliphatic rings. The second kappa shape index (κ2) is 3.66. The molecule has 3 heterocycles. The van der Waals surface area contributed by atoms with Gasteiger partial charge in [0.25, 0.3) is 0 Å². The molecule has 0 aliphatic carbocycles. The predicted molar refractivity (Wildman–Crippen MR) is 62.0 cm³/mol. The monoisotopic (exact) mass is 231 g/mol. The maximum absolute atomic E-state index is 5.51. The Morgan fingerprint density at radius 1 is 1.38 bits per heavy atom. The standard InChI is InChI=1S/C10H9N5S/c11-5-7-6-15-10(13-7)16-9(14-15)8-3-1-2-4-12-8/h1-4,6H,5,11H2. The van der Waals surface area contributed by atoms with E-state index in [4.69, 9.17) is 5.73 Å². The molecule has 0 saturated heterocycles. The van der Waals surface area contributed by atoms with E-state index in [-0.39, 0.29) is 0 Å². The molecule has 0 atom stereocenters. The van der Waals surface area contributed by atoms with E-state index in [1.807, 2.05) is 24.4 Å². The van der Waals surface area contributed by atoms with E-state index in [1.165, 1.54) is 11.3 Å². The second-order valence-corrected chi connectivity index (χ2v) is 4.24. The van der Waals surface area contributed by atoms with Crippen LogP contribution in [0.15, 0.2) is 30.6 Å². The molecule has 0 unspecified atom stereocenters. The van der Waals surface area contributed by atoms with Gasteiger partial charge in [-0.2, -0.15) is 5.10 Å². The van der Waals surface area contributed by atoms with Gasteiger partial charge < -0.3 is 5.73 Å². The maximum atomic E-state index is 5.51. The van der Waals surface area contributed by atoms with Gasteiger partial charge in [0.15, 0.2) is 5.01 Å². The van der Waals surface area contributed by atoms with Crippen molar-refractivity contribution in [2.45, 2.75) is 6.54 Å². The molecular weight excluding hydrogens is 222 g/mol. The van der Waals surface area contributed by atoms with Gasteiger partial charge in [-0.1, -0.05) is 17.4 Å². The molecule has 6 heteroatoms. The molecule has 0 aliphatic heterocycles. The van der Waals surface area contributed by atoms with E-state index in [2.05, 4.69) is 15.1 Å².